The van der Waals surface area contributed by atoms with Gasteiger partial charge < -0.3 is 11.1 Å². The summed E-state index contributed by atoms with van der Waals surface area (Å²) in [6, 6.07) is 5.45. The molecule has 2 rings (SSSR count). The first-order valence-corrected chi connectivity index (χ1v) is 7.75. The lowest BCUT2D eigenvalue weighted by Gasteiger charge is -2.35. The van der Waals surface area contributed by atoms with E-state index in [4.69, 9.17) is 18.0 Å². The second kappa shape index (κ2) is 6.53. The number of nitrogens with two attached hydrogens (primary N) is 1. The zero-order chi connectivity index (χ0) is 14.7. The average molecular weight is 294 g/mol. The monoisotopic (exact) mass is 294 g/mol. The highest BCUT2D eigenvalue weighted by molar-refractivity contribution is 7.80. The molecule has 2 nitrogen and oxygen atoms in total. The van der Waals surface area contributed by atoms with Crippen molar-refractivity contribution in [1.29, 1.82) is 0 Å². The van der Waals surface area contributed by atoms with Crippen LogP contribution in [0.4, 0.5) is 10.1 Å². The van der Waals surface area contributed by atoms with Gasteiger partial charge in [-0.15, -0.1) is 0 Å². The van der Waals surface area contributed by atoms with Gasteiger partial charge in [-0.05, 0) is 42.9 Å². The Balaban J connectivity index is 2.12. The maximum absolute atomic E-state index is 13.9. The van der Waals surface area contributed by atoms with Gasteiger partial charge in [-0.2, -0.15) is 0 Å². The van der Waals surface area contributed by atoms with Crippen LogP contribution in [-0.2, 0) is 0 Å². The molecule has 1 aromatic carbocycles. The molecular formula is C16H23FN2S. The molecule has 1 saturated carbocycles. The van der Waals surface area contributed by atoms with E-state index in [2.05, 4.69) is 19.2 Å². The highest BCUT2D eigenvalue weighted by atomic mass is 32.1. The number of hydrogen-bond acceptors (Lipinski definition) is 2. The molecule has 0 bridgehead atoms. The molecule has 110 valence electrons. The minimum absolute atomic E-state index is 0.103. The molecule has 20 heavy (non-hydrogen) atoms. The van der Waals surface area contributed by atoms with Crippen molar-refractivity contribution in [2.45, 2.75) is 45.6 Å². The zero-order valence-corrected chi connectivity index (χ0v) is 13.0. The van der Waals surface area contributed by atoms with E-state index in [1.807, 2.05) is 6.07 Å². The molecule has 0 spiro atoms. The molecule has 1 fully saturated rings. The van der Waals surface area contributed by atoms with E-state index in [1.165, 1.54) is 25.3 Å². The van der Waals surface area contributed by atoms with E-state index in [0.717, 1.165) is 12.1 Å². The van der Waals surface area contributed by atoms with E-state index in [9.17, 15) is 4.39 Å². The van der Waals surface area contributed by atoms with Crippen molar-refractivity contribution in [3.05, 3.63) is 29.6 Å². The first-order valence-electron chi connectivity index (χ1n) is 7.35. The molecule has 0 aliphatic heterocycles. The third-order valence-electron chi connectivity index (χ3n) is 4.26. The Morgan fingerprint density at radius 3 is 2.65 bits per heavy atom. The van der Waals surface area contributed by atoms with Gasteiger partial charge in [0.25, 0.3) is 0 Å². The Kier molecular flexibility index (Phi) is 4.97. The lowest BCUT2D eigenvalue weighted by atomic mass is 9.78. The van der Waals surface area contributed by atoms with Gasteiger partial charge in [-0.1, -0.05) is 38.9 Å². The van der Waals surface area contributed by atoms with Crippen LogP contribution in [0.3, 0.4) is 0 Å². The fraction of sp³-hybridized carbons (Fsp3) is 0.562. The number of benzene rings is 1. The van der Waals surface area contributed by atoms with Crippen LogP contribution in [0.2, 0.25) is 0 Å². The Bertz CT molecular complexity index is 487. The second-order valence-corrected chi connectivity index (χ2v) is 6.44. The minimum Gasteiger partial charge on any atom is -0.389 e. The van der Waals surface area contributed by atoms with Crippen LogP contribution in [-0.4, -0.2) is 11.0 Å². The zero-order valence-electron chi connectivity index (χ0n) is 12.2. The van der Waals surface area contributed by atoms with Crippen LogP contribution in [0.1, 0.15) is 45.1 Å². The highest BCUT2D eigenvalue weighted by Crippen LogP contribution is 2.32. The van der Waals surface area contributed by atoms with Crippen LogP contribution in [0.15, 0.2) is 18.2 Å². The van der Waals surface area contributed by atoms with Crippen molar-refractivity contribution < 1.29 is 4.39 Å². The Morgan fingerprint density at radius 1 is 1.35 bits per heavy atom. The van der Waals surface area contributed by atoms with Gasteiger partial charge in [-0.3, -0.25) is 0 Å². The third kappa shape index (κ3) is 3.48. The predicted octanol–water partition coefficient (Wildman–Crippen LogP) is 4.09. The fourth-order valence-corrected chi connectivity index (χ4v) is 3.32. The molecule has 4 heteroatoms. The van der Waals surface area contributed by atoms with Gasteiger partial charge in [0, 0.05) is 17.3 Å². The molecule has 1 aromatic rings. The summed E-state index contributed by atoms with van der Waals surface area (Å²) in [6.45, 7) is 4.53. The predicted molar refractivity (Wildman–Crippen MR) is 86.5 cm³/mol. The number of anilines is 1. The summed E-state index contributed by atoms with van der Waals surface area (Å²) in [7, 11) is 0. The summed E-state index contributed by atoms with van der Waals surface area (Å²) in [5, 5.41) is 3.50. The molecule has 1 aliphatic rings. The third-order valence-corrected chi connectivity index (χ3v) is 4.48. The molecule has 2 atom stereocenters. The maximum atomic E-state index is 13.9. The number of hydrogen-bond donors (Lipinski definition) is 2. The van der Waals surface area contributed by atoms with E-state index in [0.29, 0.717) is 23.4 Å². The molecule has 0 radical (unpaired) electrons. The quantitative estimate of drug-likeness (QED) is 0.822. The first kappa shape index (κ1) is 15.2. The average Bonchev–Trinajstić information content (AvgIpc) is 2.38. The Morgan fingerprint density at radius 2 is 2.05 bits per heavy atom. The second-order valence-electron chi connectivity index (χ2n) is 6.00. The van der Waals surface area contributed by atoms with Crippen molar-refractivity contribution in [2.24, 2.45) is 17.6 Å². The van der Waals surface area contributed by atoms with Gasteiger partial charge in [-0.25, -0.2) is 4.39 Å². The summed E-state index contributed by atoms with van der Waals surface area (Å²) in [5.41, 5.74) is 6.62. The van der Waals surface area contributed by atoms with Crippen LogP contribution < -0.4 is 11.1 Å². The smallest absolute Gasteiger partial charge is 0.135 e. The fourth-order valence-electron chi connectivity index (χ4n) is 3.16. The minimum atomic E-state index is -0.348. The SMILES string of the molecule is CC(C)C1CCCCC1Nc1ccc(C(N)=S)c(F)c1. The molecule has 0 saturated heterocycles. The first-order chi connectivity index (χ1) is 9.49. The van der Waals surface area contributed by atoms with Gasteiger partial charge in [0.1, 0.15) is 10.8 Å². The van der Waals surface area contributed by atoms with E-state index >= 15 is 0 Å². The normalized spacial score (nSPS) is 22.8. The maximum Gasteiger partial charge on any atom is 0.135 e. The van der Waals surface area contributed by atoms with Gasteiger partial charge in [0.15, 0.2) is 0 Å². The van der Waals surface area contributed by atoms with Crippen LogP contribution >= 0.6 is 12.2 Å². The standard InChI is InChI=1S/C16H23FN2S/c1-10(2)12-5-3-4-6-15(12)19-11-7-8-13(16(18)20)14(17)9-11/h7-10,12,15,19H,3-6H2,1-2H3,(H2,18,20). The van der Waals surface area contributed by atoms with E-state index in [1.54, 1.807) is 6.07 Å². The topological polar surface area (TPSA) is 38.0 Å². The Hall–Kier alpha value is -1.16. The van der Waals surface area contributed by atoms with E-state index < -0.39 is 0 Å². The molecule has 2 unspecified atom stereocenters. The molecule has 3 N–H and O–H groups in total. The highest BCUT2D eigenvalue weighted by Gasteiger charge is 2.27. The summed E-state index contributed by atoms with van der Waals surface area (Å²) < 4.78 is 13.9. The lowest BCUT2D eigenvalue weighted by Crippen LogP contribution is -2.35. The molecular weight excluding hydrogens is 271 g/mol. The summed E-state index contributed by atoms with van der Waals surface area (Å²) >= 11 is 4.82. The van der Waals surface area contributed by atoms with Crippen molar-refractivity contribution in [2.75, 3.05) is 5.32 Å². The molecule has 0 aromatic heterocycles. The molecule has 0 amide bonds. The number of rotatable bonds is 4. The van der Waals surface area contributed by atoms with Gasteiger partial charge >= 0.3 is 0 Å². The summed E-state index contributed by atoms with van der Waals surface area (Å²) in [5.74, 6) is 0.954. The van der Waals surface area contributed by atoms with Crippen molar-refractivity contribution in [3.8, 4) is 0 Å². The van der Waals surface area contributed by atoms with Gasteiger partial charge in [0.2, 0.25) is 0 Å². The van der Waals surface area contributed by atoms with Gasteiger partial charge in [0.05, 0.1) is 0 Å². The van der Waals surface area contributed by atoms with Crippen LogP contribution in [0, 0.1) is 17.7 Å². The van der Waals surface area contributed by atoms with Crippen LogP contribution in [0.5, 0.6) is 0 Å². The lowest BCUT2D eigenvalue weighted by molar-refractivity contribution is 0.254. The van der Waals surface area contributed by atoms with Crippen LogP contribution in [0.25, 0.3) is 0 Å². The summed E-state index contributed by atoms with van der Waals surface area (Å²) in [4.78, 5) is 0.103. The molecule has 0 heterocycles. The van der Waals surface area contributed by atoms with Crippen molar-refractivity contribution in [1.82, 2.24) is 0 Å². The van der Waals surface area contributed by atoms with E-state index in [-0.39, 0.29) is 10.8 Å². The summed E-state index contributed by atoms with van der Waals surface area (Å²) in [6.07, 6.45) is 4.95. The number of nitrogens with one attached hydrogen (secondary N) is 1. The van der Waals surface area contributed by atoms with Crippen molar-refractivity contribution in [3.63, 3.8) is 0 Å². The largest absolute Gasteiger partial charge is 0.389 e. The van der Waals surface area contributed by atoms with Crippen molar-refractivity contribution >= 4 is 22.9 Å². The number of halogens is 1. The Labute approximate surface area is 125 Å². The number of thiocarbonyl (C=S) groups is 1. The molecule has 1 aliphatic carbocycles.